The van der Waals surface area contributed by atoms with Gasteiger partial charge in [0.25, 0.3) is 0 Å². The number of hydrogen-bond acceptors (Lipinski definition) is 3. The molecule has 0 fully saturated rings. The van der Waals surface area contributed by atoms with Crippen molar-refractivity contribution in [3.05, 3.63) is 59.2 Å². The van der Waals surface area contributed by atoms with Gasteiger partial charge in [-0.15, -0.1) is 0 Å². The number of hydrogen-bond donors (Lipinski definition) is 3. The zero-order valence-electron chi connectivity index (χ0n) is 10.8. The smallest absolute Gasteiger partial charge is 0.335 e. The molecule has 102 valence electrons. The number of carboxylic acids is 1. The molecule has 1 aliphatic rings. The van der Waals surface area contributed by atoms with Gasteiger partial charge in [0.05, 0.1) is 11.6 Å². The third kappa shape index (κ3) is 2.20. The lowest BCUT2D eigenvalue weighted by molar-refractivity contribution is 0.0697. The second kappa shape index (κ2) is 4.89. The first-order valence-electron chi connectivity index (χ1n) is 6.56. The molecule has 0 radical (unpaired) electrons. The van der Waals surface area contributed by atoms with Crippen LogP contribution in [0.4, 0.5) is 5.69 Å². The Kier molecular flexibility index (Phi) is 3.06. The number of fused-ring (bicyclic) bond motifs is 1. The van der Waals surface area contributed by atoms with Gasteiger partial charge in [0.1, 0.15) is 5.75 Å². The highest BCUT2D eigenvalue weighted by Crippen LogP contribution is 2.38. The number of nitrogens with one attached hydrogen (secondary N) is 1. The van der Waals surface area contributed by atoms with Crippen molar-refractivity contribution >= 4 is 11.7 Å². The molecular formula is C16H15NO3. The zero-order chi connectivity index (χ0) is 14.1. The summed E-state index contributed by atoms with van der Waals surface area (Å²) >= 11 is 0. The van der Waals surface area contributed by atoms with Crippen LogP contribution in [0.15, 0.2) is 42.5 Å². The zero-order valence-corrected chi connectivity index (χ0v) is 10.8. The SMILES string of the molecule is O=C(O)c1cccc(NC2CCc3c(O)cccc32)c1. The van der Waals surface area contributed by atoms with Gasteiger partial charge < -0.3 is 15.5 Å². The molecule has 20 heavy (non-hydrogen) atoms. The maximum Gasteiger partial charge on any atom is 0.335 e. The maximum atomic E-state index is 11.0. The van der Waals surface area contributed by atoms with Crippen LogP contribution >= 0.6 is 0 Å². The largest absolute Gasteiger partial charge is 0.508 e. The molecule has 3 N–H and O–H groups in total. The average Bonchev–Trinajstić information content (AvgIpc) is 2.84. The molecule has 0 amide bonds. The monoisotopic (exact) mass is 269 g/mol. The fourth-order valence-electron chi connectivity index (χ4n) is 2.73. The lowest BCUT2D eigenvalue weighted by Crippen LogP contribution is -2.08. The van der Waals surface area contributed by atoms with Crippen LogP contribution in [0.25, 0.3) is 0 Å². The molecule has 0 aliphatic heterocycles. The summed E-state index contributed by atoms with van der Waals surface area (Å²) in [6.07, 6.45) is 1.72. The fourth-order valence-corrected chi connectivity index (χ4v) is 2.73. The van der Waals surface area contributed by atoms with Crippen molar-refractivity contribution < 1.29 is 15.0 Å². The standard InChI is InChI=1S/C16H15NO3/c18-15-6-2-5-12-13(15)7-8-14(12)17-11-4-1-3-10(9-11)16(19)20/h1-6,9,14,17-18H,7-8H2,(H,19,20). The summed E-state index contributed by atoms with van der Waals surface area (Å²) in [5.41, 5.74) is 3.13. The molecule has 1 atom stereocenters. The molecular weight excluding hydrogens is 254 g/mol. The Balaban J connectivity index is 1.86. The van der Waals surface area contributed by atoms with Crippen LogP contribution in [0.5, 0.6) is 5.75 Å². The highest BCUT2D eigenvalue weighted by atomic mass is 16.4. The van der Waals surface area contributed by atoms with Crippen LogP contribution in [0.1, 0.15) is 33.9 Å². The molecule has 4 heteroatoms. The van der Waals surface area contributed by atoms with Crippen LogP contribution in [-0.4, -0.2) is 16.2 Å². The van der Waals surface area contributed by atoms with Crippen LogP contribution in [0, 0.1) is 0 Å². The first-order valence-corrected chi connectivity index (χ1v) is 6.56. The quantitative estimate of drug-likeness (QED) is 0.800. The lowest BCUT2D eigenvalue weighted by atomic mass is 10.1. The number of anilines is 1. The van der Waals surface area contributed by atoms with Crippen molar-refractivity contribution in [2.75, 3.05) is 5.32 Å². The predicted molar refractivity (Wildman–Crippen MR) is 76.2 cm³/mol. The third-order valence-electron chi connectivity index (χ3n) is 3.70. The highest BCUT2D eigenvalue weighted by molar-refractivity contribution is 5.88. The van der Waals surface area contributed by atoms with Gasteiger partial charge in [-0.05, 0) is 48.2 Å². The van der Waals surface area contributed by atoms with E-state index in [0.717, 1.165) is 29.7 Å². The van der Waals surface area contributed by atoms with E-state index in [4.69, 9.17) is 5.11 Å². The van der Waals surface area contributed by atoms with E-state index in [9.17, 15) is 9.90 Å². The Bertz CT molecular complexity index is 667. The number of carbonyl (C=O) groups is 1. The molecule has 1 aliphatic carbocycles. The van der Waals surface area contributed by atoms with Gasteiger partial charge in [0, 0.05) is 5.69 Å². The van der Waals surface area contributed by atoms with E-state index in [2.05, 4.69) is 5.32 Å². The van der Waals surface area contributed by atoms with Crippen LogP contribution in [-0.2, 0) is 6.42 Å². The Morgan fingerprint density at radius 3 is 2.80 bits per heavy atom. The topological polar surface area (TPSA) is 69.6 Å². The van der Waals surface area contributed by atoms with E-state index >= 15 is 0 Å². The molecule has 0 bridgehead atoms. The molecule has 0 aromatic heterocycles. The summed E-state index contributed by atoms with van der Waals surface area (Å²) in [7, 11) is 0. The number of phenols is 1. The van der Waals surface area contributed by atoms with Gasteiger partial charge >= 0.3 is 5.97 Å². The van der Waals surface area contributed by atoms with Gasteiger partial charge in [-0.2, -0.15) is 0 Å². The molecule has 0 saturated carbocycles. The summed E-state index contributed by atoms with van der Waals surface area (Å²) in [5, 5.41) is 22.2. The van der Waals surface area contributed by atoms with Crippen molar-refractivity contribution in [2.24, 2.45) is 0 Å². The Morgan fingerprint density at radius 1 is 1.20 bits per heavy atom. The number of benzene rings is 2. The Morgan fingerprint density at radius 2 is 2.00 bits per heavy atom. The van der Waals surface area contributed by atoms with Gasteiger partial charge in [-0.25, -0.2) is 4.79 Å². The minimum absolute atomic E-state index is 0.112. The minimum Gasteiger partial charge on any atom is -0.508 e. The Labute approximate surface area is 116 Å². The highest BCUT2D eigenvalue weighted by Gasteiger charge is 2.24. The number of carboxylic acid groups (broad SMARTS) is 1. The molecule has 0 heterocycles. The predicted octanol–water partition coefficient (Wildman–Crippen LogP) is 3.19. The van der Waals surface area contributed by atoms with E-state index < -0.39 is 5.97 Å². The molecule has 4 nitrogen and oxygen atoms in total. The van der Waals surface area contributed by atoms with E-state index in [1.165, 1.54) is 0 Å². The average molecular weight is 269 g/mol. The molecule has 1 unspecified atom stereocenters. The van der Waals surface area contributed by atoms with E-state index in [1.807, 2.05) is 18.2 Å². The fraction of sp³-hybridized carbons (Fsp3) is 0.188. The second-order valence-corrected chi connectivity index (χ2v) is 4.97. The minimum atomic E-state index is -0.932. The number of aromatic hydroxyl groups is 1. The van der Waals surface area contributed by atoms with Crippen molar-refractivity contribution in [3.8, 4) is 5.75 Å². The molecule has 2 aromatic rings. The molecule has 2 aromatic carbocycles. The lowest BCUT2D eigenvalue weighted by Gasteiger charge is -2.16. The summed E-state index contributed by atoms with van der Waals surface area (Å²) in [6, 6.07) is 12.4. The van der Waals surface area contributed by atoms with Crippen molar-refractivity contribution in [1.82, 2.24) is 0 Å². The van der Waals surface area contributed by atoms with Crippen molar-refractivity contribution in [1.29, 1.82) is 0 Å². The van der Waals surface area contributed by atoms with E-state index in [-0.39, 0.29) is 11.6 Å². The number of rotatable bonds is 3. The number of aromatic carboxylic acids is 1. The molecule has 0 spiro atoms. The first kappa shape index (κ1) is 12.5. The van der Waals surface area contributed by atoms with E-state index in [0.29, 0.717) is 5.75 Å². The van der Waals surface area contributed by atoms with Crippen molar-refractivity contribution in [3.63, 3.8) is 0 Å². The summed E-state index contributed by atoms with van der Waals surface area (Å²) < 4.78 is 0. The number of phenolic OH excluding ortho intramolecular Hbond substituents is 1. The van der Waals surface area contributed by atoms with E-state index in [1.54, 1.807) is 24.3 Å². The van der Waals surface area contributed by atoms with Crippen LogP contribution in [0.3, 0.4) is 0 Å². The summed E-state index contributed by atoms with van der Waals surface area (Å²) in [5.74, 6) is -0.593. The summed E-state index contributed by atoms with van der Waals surface area (Å²) in [6.45, 7) is 0. The van der Waals surface area contributed by atoms with Crippen LogP contribution < -0.4 is 5.32 Å². The van der Waals surface area contributed by atoms with Gasteiger partial charge in [0.2, 0.25) is 0 Å². The van der Waals surface area contributed by atoms with Gasteiger partial charge in [-0.1, -0.05) is 18.2 Å². The third-order valence-corrected chi connectivity index (χ3v) is 3.70. The van der Waals surface area contributed by atoms with Gasteiger partial charge in [-0.3, -0.25) is 0 Å². The molecule has 3 rings (SSSR count). The maximum absolute atomic E-state index is 11.0. The van der Waals surface area contributed by atoms with Crippen molar-refractivity contribution in [2.45, 2.75) is 18.9 Å². The van der Waals surface area contributed by atoms with Crippen LogP contribution in [0.2, 0.25) is 0 Å². The first-order chi connectivity index (χ1) is 9.65. The molecule has 0 saturated heterocycles. The Hall–Kier alpha value is -2.49. The second-order valence-electron chi connectivity index (χ2n) is 4.97. The van der Waals surface area contributed by atoms with Gasteiger partial charge in [0.15, 0.2) is 0 Å². The normalized spacial score (nSPS) is 16.7. The summed E-state index contributed by atoms with van der Waals surface area (Å²) in [4.78, 5) is 11.0.